The van der Waals surface area contributed by atoms with Crippen molar-refractivity contribution in [3.05, 3.63) is 83.7 Å². The monoisotopic (exact) mass is 306 g/mol. The summed E-state index contributed by atoms with van der Waals surface area (Å²) in [4.78, 5) is 12.0. The number of amides is 1. The van der Waals surface area contributed by atoms with Crippen LogP contribution in [0.5, 0.6) is 0 Å². The Morgan fingerprint density at radius 1 is 0.957 bits per heavy atom. The van der Waals surface area contributed by atoms with Gasteiger partial charge in [-0.25, -0.2) is 9.82 Å². The van der Waals surface area contributed by atoms with Gasteiger partial charge in [-0.05, 0) is 42.0 Å². The summed E-state index contributed by atoms with van der Waals surface area (Å²) in [5.74, 6) is -0.749. The van der Waals surface area contributed by atoms with E-state index in [9.17, 15) is 9.18 Å². The fourth-order valence-corrected chi connectivity index (χ4v) is 2.40. The Morgan fingerprint density at radius 3 is 2.43 bits per heavy atom. The molecule has 0 aliphatic heterocycles. The maximum absolute atomic E-state index is 12.9. The van der Waals surface area contributed by atoms with Crippen molar-refractivity contribution in [2.24, 2.45) is 5.10 Å². The van der Waals surface area contributed by atoms with Crippen molar-refractivity contribution in [3.63, 3.8) is 0 Å². The van der Waals surface area contributed by atoms with Crippen LogP contribution < -0.4 is 5.43 Å². The minimum Gasteiger partial charge on any atom is -0.267 e. The molecule has 0 atom stereocenters. The molecule has 1 amide bonds. The zero-order valence-electron chi connectivity index (χ0n) is 12.6. The number of hydrazone groups is 1. The molecule has 1 N–H and O–H groups in total. The number of nitrogens with zero attached hydrogens (tertiary/aromatic N) is 1. The van der Waals surface area contributed by atoms with Crippen molar-refractivity contribution >= 4 is 22.4 Å². The quantitative estimate of drug-likeness (QED) is 0.573. The van der Waals surface area contributed by atoms with Crippen LogP contribution in [0, 0.1) is 5.82 Å². The van der Waals surface area contributed by atoms with Gasteiger partial charge in [0.15, 0.2) is 0 Å². The van der Waals surface area contributed by atoms with Gasteiger partial charge in [0.1, 0.15) is 5.82 Å². The van der Waals surface area contributed by atoms with E-state index in [1.807, 2.05) is 49.4 Å². The number of benzene rings is 3. The predicted octanol–water partition coefficient (Wildman–Crippen LogP) is 4.13. The maximum Gasteiger partial charge on any atom is 0.271 e. The molecule has 0 aliphatic carbocycles. The highest BCUT2D eigenvalue weighted by atomic mass is 19.1. The molecule has 0 aromatic heterocycles. The van der Waals surface area contributed by atoms with E-state index in [4.69, 9.17) is 0 Å². The standard InChI is InChI=1S/C19H15FN2O/c1-13(17-8-4-6-14-5-2-3-7-18(14)17)21-22-19(23)15-9-11-16(20)12-10-15/h2-12H,1H3,(H,22,23)/b21-13-. The average molecular weight is 306 g/mol. The number of hydrogen-bond acceptors (Lipinski definition) is 2. The van der Waals surface area contributed by atoms with Gasteiger partial charge in [-0.1, -0.05) is 42.5 Å². The Balaban J connectivity index is 1.84. The summed E-state index contributed by atoms with van der Waals surface area (Å²) < 4.78 is 12.9. The van der Waals surface area contributed by atoms with Crippen molar-refractivity contribution in [2.75, 3.05) is 0 Å². The molecule has 3 aromatic rings. The number of hydrogen-bond donors (Lipinski definition) is 1. The van der Waals surface area contributed by atoms with Crippen LogP contribution in [0.1, 0.15) is 22.8 Å². The van der Waals surface area contributed by atoms with Crippen molar-refractivity contribution in [1.82, 2.24) is 5.43 Å². The highest BCUT2D eigenvalue weighted by molar-refractivity contribution is 6.10. The smallest absolute Gasteiger partial charge is 0.267 e. The van der Waals surface area contributed by atoms with E-state index < -0.39 is 0 Å². The highest BCUT2D eigenvalue weighted by Gasteiger charge is 2.06. The van der Waals surface area contributed by atoms with Crippen LogP contribution in [0.4, 0.5) is 4.39 Å². The van der Waals surface area contributed by atoms with E-state index in [1.54, 1.807) is 0 Å². The molecule has 0 bridgehead atoms. The van der Waals surface area contributed by atoms with Gasteiger partial charge in [-0.15, -0.1) is 0 Å². The second-order valence-electron chi connectivity index (χ2n) is 5.17. The molecular formula is C19H15FN2O. The minimum atomic E-state index is -0.378. The lowest BCUT2D eigenvalue weighted by molar-refractivity contribution is 0.0955. The number of nitrogens with one attached hydrogen (secondary N) is 1. The van der Waals surface area contributed by atoms with Gasteiger partial charge in [0.2, 0.25) is 0 Å². The molecule has 0 heterocycles. The van der Waals surface area contributed by atoms with Crippen LogP contribution in [0.15, 0.2) is 71.8 Å². The van der Waals surface area contributed by atoms with Gasteiger partial charge in [0, 0.05) is 11.1 Å². The molecule has 0 spiro atoms. The normalized spacial score (nSPS) is 11.5. The first kappa shape index (κ1) is 14.9. The molecule has 114 valence electrons. The van der Waals surface area contributed by atoms with Crippen LogP contribution >= 0.6 is 0 Å². The Hall–Kier alpha value is -3.01. The Labute approximate surface area is 133 Å². The van der Waals surface area contributed by atoms with E-state index in [1.165, 1.54) is 24.3 Å². The van der Waals surface area contributed by atoms with Gasteiger partial charge in [0.05, 0.1) is 5.71 Å². The van der Waals surface area contributed by atoms with Crippen LogP contribution in [0.3, 0.4) is 0 Å². The second kappa shape index (κ2) is 6.40. The fraction of sp³-hybridized carbons (Fsp3) is 0.0526. The van der Waals surface area contributed by atoms with Crippen LogP contribution in [-0.4, -0.2) is 11.6 Å². The molecule has 3 rings (SSSR count). The molecule has 0 saturated heterocycles. The lowest BCUT2D eigenvalue weighted by atomic mass is 10.0. The van der Waals surface area contributed by atoms with E-state index in [-0.39, 0.29) is 11.7 Å². The maximum atomic E-state index is 12.9. The lowest BCUT2D eigenvalue weighted by Gasteiger charge is -2.07. The van der Waals surface area contributed by atoms with Gasteiger partial charge in [-0.2, -0.15) is 5.10 Å². The Morgan fingerprint density at radius 2 is 1.65 bits per heavy atom. The summed E-state index contributed by atoms with van der Waals surface area (Å²) in [5.41, 5.74) is 4.54. The number of fused-ring (bicyclic) bond motifs is 1. The summed E-state index contributed by atoms with van der Waals surface area (Å²) in [6, 6.07) is 19.3. The number of carbonyl (C=O) groups is 1. The van der Waals surface area contributed by atoms with Crippen molar-refractivity contribution in [2.45, 2.75) is 6.92 Å². The Bertz CT molecular complexity index is 880. The molecule has 0 unspecified atom stereocenters. The summed E-state index contributed by atoms with van der Waals surface area (Å²) >= 11 is 0. The molecule has 0 aliphatic rings. The predicted molar refractivity (Wildman–Crippen MR) is 90.0 cm³/mol. The molecule has 3 aromatic carbocycles. The average Bonchev–Trinajstić information content (AvgIpc) is 2.59. The zero-order valence-corrected chi connectivity index (χ0v) is 12.6. The minimum absolute atomic E-state index is 0.362. The van der Waals surface area contributed by atoms with Crippen LogP contribution in [0.2, 0.25) is 0 Å². The summed E-state index contributed by atoms with van der Waals surface area (Å²) in [6.07, 6.45) is 0. The van der Waals surface area contributed by atoms with E-state index in [0.29, 0.717) is 11.3 Å². The zero-order chi connectivity index (χ0) is 16.2. The molecular weight excluding hydrogens is 291 g/mol. The number of carbonyl (C=O) groups excluding carboxylic acids is 1. The number of rotatable bonds is 3. The largest absolute Gasteiger partial charge is 0.271 e. The van der Waals surface area contributed by atoms with Gasteiger partial charge in [-0.3, -0.25) is 4.79 Å². The summed E-state index contributed by atoms with van der Waals surface area (Å²) in [5, 5.41) is 6.36. The second-order valence-corrected chi connectivity index (χ2v) is 5.17. The molecule has 4 heteroatoms. The first-order valence-electron chi connectivity index (χ1n) is 7.23. The third kappa shape index (κ3) is 3.26. The third-order valence-corrected chi connectivity index (χ3v) is 3.61. The van der Waals surface area contributed by atoms with Crippen molar-refractivity contribution in [1.29, 1.82) is 0 Å². The van der Waals surface area contributed by atoms with Crippen molar-refractivity contribution < 1.29 is 9.18 Å². The topological polar surface area (TPSA) is 41.5 Å². The molecule has 23 heavy (non-hydrogen) atoms. The van der Waals surface area contributed by atoms with E-state index in [2.05, 4.69) is 10.5 Å². The van der Waals surface area contributed by atoms with Gasteiger partial charge in [0.25, 0.3) is 5.91 Å². The molecule has 0 fully saturated rings. The molecule has 0 saturated carbocycles. The molecule has 0 radical (unpaired) electrons. The number of halogens is 1. The molecule has 3 nitrogen and oxygen atoms in total. The third-order valence-electron chi connectivity index (χ3n) is 3.61. The fourth-order valence-electron chi connectivity index (χ4n) is 2.40. The van der Waals surface area contributed by atoms with Crippen LogP contribution in [-0.2, 0) is 0 Å². The lowest BCUT2D eigenvalue weighted by Crippen LogP contribution is -2.19. The summed E-state index contributed by atoms with van der Waals surface area (Å²) in [7, 11) is 0. The highest BCUT2D eigenvalue weighted by Crippen LogP contribution is 2.19. The van der Waals surface area contributed by atoms with Gasteiger partial charge >= 0.3 is 0 Å². The van der Waals surface area contributed by atoms with Crippen LogP contribution in [0.25, 0.3) is 10.8 Å². The van der Waals surface area contributed by atoms with Gasteiger partial charge < -0.3 is 0 Å². The van der Waals surface area contributed by atoms with E-state index >= 15 is 0 Å². The summed E-state index contributed by atoms with van der Waals surface area (Å²) in [6.45, 7) is 1.84. The Kier molecular flexibility index (Phi) is 4.15. The first-order valence-corrected chi connectivity index (χ1v) is 7.23. The van der Waals surface area contributed by atoms with Crippen molar-refractivity contribution in [3.8, 4) is 0 Å². The SMILES string of the molecule is C/C(=N/NC(=O)c1ccc(F)cc1)c1cccc2ccccc12. The van der Waals surface area contributed by atoms with E-state index in [0.717, 1.165) is 16.3 Å². The first-order chi connectivity index (χ1) is 11.1.